The molecular formula is C11H11BrN2O2S2. The summed E-state index contributed by atoms with van der Waals surface area (Å²) in [6, 6.07) is 6.63. The zero-order chi connectivity index (χ0) is 13.3. The second-order valence-electron chi connectivity index (χ2n) is 3.73. The van der Waals surface area contributed by atoms with Gasteiger partial charge in [0.2, 0.25) is 0 Å². The average molecular weight is 347 g/mol. The van der Waals surface area contributed by atoms with Gasteiger partial charge >= 0.3 is 0 Å². The summed E-state index contributed by atoms with van der Waals surface area (Å²) in [5.41, 5.74) is 7.64. The SMILES string of the molecule is Cc1cc(Br)c(NS(=O)(=O)c2cccs2)cc1N. The summed E-state index contributed by atoms with van der Waals surface area (Å²) in [5, 5.41) is 1.72. The smallest absolute Gasteiger partial charge is 0.271 e. The Morgan fingerprint density at radius 2 is 2.11 bits per heavy atom. The molecule has 0 bridgehead atoms. The van der Waals surface area contributed by atoms with Gasteiger partial charge in [0.15, 0.2) is 0 Å². The molecule has 0 fully saturated rings. The van der Waals surface area contributed by atoms with Crippen molar-refractivity contribution in [1.82, 2.24) is 0 Å². The van der Waals surface area contributed by atoms with E-state index in [4.69, 9.17) is 5.73 Å². The van der Waals surface area contributed by atoms with Crippen molar-refractivity contribution in [2.45, 2.75) is 11.1 Å². The van der Waals surface area contributed by atoms with Gasteiger partial charge in [0.05, 0.1) is 5.69 Å². The Hall–Kier alpha value is -1.05. The van der Waals surface area contributed by atoms with Crippen molar-refractivity contribution in [3.8, 4) is 0 Å². The molecule has 0 spiro atoms. The fourth-order valence-electron chi connectivity index (χ4n) is 1.38. The lowest BCUT2D eigenvalue weighted by molar-refractivity contribution is 0.603. The van der Waals surface area contributed by atoms with Crippen LogP contribution in [0.25, 0.3) is 0 Å². The van der Waals surface area contributed by atoms with Crippen LogP contribution < -0.4 is 10.5 Å². The zero-order valence-corrected chi connectivity index (χ0v) is 12.7. The summed E-state index contributed by atoms with van der Waals surface area (Å²) in [7, 11) is -3.54. The Balaban J connectivity index is 2.39. The van der Waals surface area contributed by atoms with Crippen molar-refractivity contribution in [3.05, 3.63) is 39.7 Å². The molecular weight excluding hydrogens is 336 g/mol. The van der Waals surface area contributed by atoms with Crippen molar-refractivity contribution in [2.75, 3.05) is 10.5 Å². The Labute approximate surface area is 118 Å². The number of hydrogen-bond donors (Lipinski definition) is 2. The monoisotopic (exact) mass is 346 g/mol. The Bertz CT molecular complexity index is 667. The maximum Gasteiger partial charge on any atom is 0.271 e. The lowest BCUT2D eigenvalue weighted by atomic mass is 10.2. The van der Waals surface area contributed by atoms with Gasteiger partial charge in [-0.1, -0.05) is 6.07 Å². The van der Waals surface area contributed by atoms with Crippen LogP contribution in [-0.4, -0.2) is 8.42 Å². The maximum atomic E-state index is 12.0. The largest absolute Gasteiger partial charge is 0.398 e. The molecule has 1 aromatic heterocycles. The number of nitrogens with one attached hydrogen (secondary N) is 1. The first-order chi connectivity index (χ1) is 8.40. The van der Waals surface area contributed by atoms with Crippen molar-refractivity contribution in [2.24, 2.45) is 0 Å². The van der Waals surface area contributed by atoms with Crippen LogP contribution >= 0.6 is 27.3 Å². The molecule has 0 aliphatic carbocycles. The van der Waals surface area contributed by atoms with E-state index >= 15 is 0 Å². The van der Waals surface area contributed by atoms with Crippen molar-refractivity contribution >= 4 is 48.7 Å². The van der Waals surface area contributed by atoms with Gasteiger partial charge < -0.3 is 5.73 Å². The van der Waals surface area contributed by atoms with E-state index < -0.39 is 10.0 Å². The van der Waals surface area contributed by atoms with Gasteiger partial charge in [-0.05, 0) is 52.0 Å². The molecule has 2 aromatic rings. The summed E-state index contributed by atoms with van der Waals surface area (Å²) in [5.74, 6) is 0. The molecule has 0 aliphatic rings. The van der Waals surface area contributed by atoms with E-state index in [1.54, 1.807) is 29.6 Å². The number of hydrogen-bond acceptors (Lipinski definition) is 4. The number of halogens is 1. The fourth-order valence-corrected chi connectivity index (χ4v) is 4.13. The molecule has 7 heteroatoms. The van der Waals surface area contributed by atoms with Crippen LogP contribution in [0.15, 0.2) is 38.3 Å². The number of nitrogens with two attached hydrogens (primary N) is 1. The summed E-state index contributed by atoms with van der Waals surface area (Å²) in [6.45, 7) is 1.86. The van der Waals surface area contributed by atoms with Gasteiger partial charge in [0.1, 0.15) is 4.21 Å². The molecule has 18 heavy (non-hydrogen) atoms. The molecule has 96 valence electrons. The van der Waals surface area contributed by atoms with E-state index in [9.17, 15) is 8.42 Å². The van der Waals surface area contributed by atoms with Crippen molar-refractivity contribution < 1.29 is 8.42 Å². The van der Waals surface area contributed by atoms with Crippen molar-refractivity contribution in [1.29, 1.82) is 0 Å². The second kappa shape index (κ2) is 4.91. The third kappa shape index (κ3) is 2.68. The minimum absolute atomic E-state index is 0.272. The predicted molar refractivity (Wildman–Crippen MR) is 78.4 cm³/mol. The van der Waals surface area contributed by atoms with Crippen LogP contribution in [0, 0.1) is 6.92 Å². The molecule has 0 saturated heterocycles. The molecule has 4 nitrogen and oxygen atoms in total. The Kier molecular flexibility index (Phi) is 3.65. The summed E-state index contributed by atoms with van der Waals surface area (Å²) >= 11 is 4.48. The predicted octanol–water partition coefficient (Wildman–Crippen LogP) is 3.20. The topological polar surface area (TPSA) is 72.2 Å². The highest BCUT2D eigenvalue weighted by atomic mass is 79.9. The number of thiophene rings is 1. The first-order valence-electron chi connectivity index (χ1n) is 5.02. The van der Waals surface area contributed by atoms with Gasteiger partial charge in [0, 0.05) is 10.2 Å². The molecule has 3 N–H and O–H groups in total. The quantitative estimate of drug-likeness (QED) is 0.838. The molecule has 2 rings (SSSR count). The van der Waals surface area contributed by atoms with Gasteiger partial charge in [-0.25, -0.2) is 8.42 Å². The van der Waals surface area contributed by atoms with Crippen molar-refractivity contribution in [3.63, 3.8) is 0 Å². The molecule has 0 atom stereocenters. The number of anilines is 2. The van der Waals surface area contributed by atoms with Crippen LogP contribution in [-0.2, 0) is 10.0 Å². The number of sulfonamides is 1. The van der Waals surface area contributed by atoms with E-state index in [0.717, 1.165) is 5.56 Å². The molecule has 0 unspecified atom stereocenters. The van der Waals surface area contributed by atoms with Gasteiger partial charge in [-0.2, -0.15) is 0 Å². The lowest BCUT2D eigenvalue weighted by Gasteiger charge is -2.10. The number of nitrogen functional groups attached to an aromatic ring is 1. The van der Waals surface area contributed by atoms with E-state index in [0.29, 0.717) is 15.8 Å². The third-order valence-electron chi connectivity index (χ3n) is 2.36. The van der Waals surface area contributed by atoms with Crippen LogP contribution in [0.1, 0.15) is 5.56 Å². The van der Waals surface area contributed by atoms with Crippen LogP contribution in [0.3, 0.4) is 0 Å². The van der Waals surface area contributed by atoms with Crippen LogP contribution in [0.5, 0.6) is 0 Å². The number of benzene rings is 1. The fraction of sp³-hybridized carbons (Fsp3) is 0.0909. The lowest BCUT2D eigenvalue weighted by Crippen LogP contribution is -2.12. The van der Waals surface area contributed by atoms with Gasteiger partial charge in [0.25, 0.3) is 10.0 Å². The summed E-state index contributed by atoms with van der Waals surface area (Å²) in [4.78, 5) is 0. The normalized spacial score (nSPS) is 11.4. The first-order valence-corrected chi connectivity index (χ1v) is 8.17. The summed E-state index contributed by atoms with van der Waals surface area (Å²) in [6.07, 6.45) is 0. The highest BCUT2D eigenvalue weighted by Gasteiger charge is 2.17. The second-order valence-corrected chi connectivity index (χ2v) is 7.44. The van der Waals surface area contributed by atoms with Crippen LogP contribution in [0.4, 0.5) is 11.4 Å². The van der Waals surface area contributed by atoms with E-state index in [2.05, 4.69) is 20.7 Å². The molecule has 0 amide bonds. The molecule has 1 heterocycles. The molecule has 0 saturated carbocycles. The highest BCUT2D eigenvalue weighted by Crippen LogP contribution is 2.30. The maximum absolute atomic E-state index is 12.0. The molecule has 0 radical (unpaired) electrons. The minimum atomic E-state index is -3.54. The standard InChI is InChI=1S/C11H11BrN2O2S2/c1-7-5-8(12)10(6-9(7)13)14-18(15,16)11-3-2-4-17-11/h2-6,14H,13H2,1H3. The average Bonchev–Trinajstić information content (AvgIpc) is 2.79. The number of rotatable bonds is 3. The zero-order valence-electron chi connectivity index (χ0n) is 9.48. The minimum Gasteiger partial charge on any atom is -0.398 e. The van der Waals surface area contributed by atoms with E-state index in [1.165, 1.54) is 11.3 Å². The Morgan fingerprint density at radius 3 is 2.72 bits per heavy atom. The molecule has 0 aliphatic heterocycles. The molecule has 1 aromatic carbocycles. The Morgan fingerprint density at radius 1 is 1.39 bits per heavy atom. The van der Waals surface area contributed by atoms with Crippen LogP contribution in [0.2, 0.25) is 0 Å². The number of aryl methyl sites for hydroxylation is 1. The highest BCUT2D eigenvalue weighted by molar-refractivity contribution is 9.10. The van der Waals surface area contributed by atoms with E-state index in [-0.39, 0.29) is 4.21 Å². The summed E-state index contributed by atoms with van der Waals surface area (Å²) < 4.78 is 27.5. The van der Waals surface area contributed by atoms with Gasteiger partial charge in [-0.15, -0.1) is 11.3 Å². The van der Waals surface area contributed by atoms with Gasteiger partial charge in [-0.3, -0.25) is 4.72 Å². The third-order valence-corrected chi connectivity index (χ3v) is 5.78. The first kappa shape index (κ1) is 13.4. The van der Waals surface area contributed by atoms with E-state index in [1.807, 2.05) is 6.92 Å².